The minimum absolute atomic E-state index is 0.0120. The molecule has 1 saturated heterocycles. The highest BCUT2D eigenvalue weighted by atomic mass is 32.2. The molecule has 0 unspecified atom stereocenters. The molecule has 2 heterocycles. The Morgan fingerprint density at radius 1 is 1.40 bits per heavy atom. The van der Waals surface area contributed by atoms with E-state index in [0.29, 0.717) is 0 Å². The molecule has 1 aromatic rings. The fraction of sp³-hybridized carbons (Fsp3) is 0.571. The standard InChI is InChI=1S/C14H20N2O3S/c1-14(2)5-7-15(8-9-20-14)12(17)10-16-6-3-4-11(16)13(18)19/h3-4,6H,5,7-10H2,1-2H3,(H,18,19). The first kappa shape index (κ1) is 15.0. The van der Waals surface area contributed by atoms with Gasteiger partial charge in [0.05, 0.1) is 0 Å². The summed E-state index contributed by atoms with van der Waals surface area (Å²) in [6.45, 7) is 5.96. The maximum atomic E-state index is 12.3. The highest BCUT2D eigenvalue weighted by Crippen LogP contribution is 2.30. The zero-order chi connectivity index (χ0) is 14.8. The molecule has 1 fully saturated rings. The van der Waals surface area contributed by atoms with E-state index in [1.165, 1.54) is 10.6 Å². The summed E-state index contributed by atoms with van der Waals surface area (Å²) in [4.78, 5) is 25.2. The smallest absolute Gasteiger partial charge is 0.352 e. The number of rotatable bonds is 3. The van der Waals surface area contributed by atoms with Gasteiger partial charge in [-0.1, -0.05) is 13.8 Å². The number of aromatic carboxylic acids is 1. The number of carboxylic acid groups (broad SMARTS) is 1. The summed E-state index contributed by atoms with van der Waals surface area (Å²) in [5.41, 5.74) is 0.155. The number of carboxylic acids is 1. The van der Waals surface area contributed by atoms with Crippen LogP contribution in [0.15, 0.2) is 18.3 Å². The zero-order valence-corrected chi connectivity index (χ0v) is 12.7. The molecule has 1 amide bonds. The summed E-state index contributed by atoms with van der Waals surface area (Å²) in [5.74, 6) is -0.0895. The number of carbonyl (C=O) groups is 2. The Morgan fingerprint density at radius 3 is 2.85 bits per heavy atom. The molecule has 1 aliphatic heterocycles. The molecular weight excluding hydrogens is 276 g/mol. The molecule has 0 radical (unpaired) electrons. The first-order chi connectivity index (χ1) is 9.39. The number of aromatic nitrogens is 1. The van der Waals surface area contributed by atoms with E-state index in [-0.39, 0.29) is 22.9 Å². The van der Waals surface area contributed by atoms with Crippen LogP contribution >= 0.6 is 11.8 Å². The monoisotopic (exact) mass is 296 g/mol. The minimum Gasteiger partial charge on any atom is -0.477 e. The van der Waals surface area contributed by atoms with Crippen LogP contribution in [0, 0.1) is 0 Å². The van der Waals surface area contributed by atoms with Crippen LogP contribution < -0.4 is 0 Å². The second kappa shape index (κ2) is 5.91. The van der Waals surface area contributed by atoms with Crippen LogP contribution in [0.25, 0.3) is 0 Å². The maximum Gasteiger partial charge on any atom is 0.352 e. The van der Waals surface area contributed by atoms with Gasteiger partial charge < -0.3 is 14.6 Å². The molecule has 0 saturated carbocycles. The van der Waals surface area contributed by atoms with Crippen LogP contribution in [0.3, 0.4) is 0 Å². The average Bonchev–Trinajstić information content (AvgIpc) is 2.73. The van der Waals surface area contributed by atoms with Crippen LogP contribution in [0.2, 0.25) is 0 Å². The summed E-state index contributed by atoms with van der Waals surface area (Å²) in [5, 5.41) is 9.04. The van der Waals surface area contributed by atoms with Crippen molar-refractivity contribution in [3.8, 4) is 0 Å². The molecule has 1 N–H and O–H groups in total. The Bertz CT molecular complexity index is 510. The third kappa shape index (κ3) is 3.56. The molecule has 1 aromatic heterocycles. The summed E-state index contributed by atoms with van der Waals surface area (Å²) in [7, 11) is 0. The van der Waals surface area contributed by atoms with E-state index < -0.39 is 5.97 Å². The fourth-order valence-corrected chi connectivity index (χ4v) is 3.36. The third-order valence-electron chi connectivity index (χ3n) is 3.54. The van der Waals surface area contributed by atoms with Gasteiger partial charge in [0, 0.05) is 29.8 Å². The van der Waals surface area contributed by atoms with Crippen LogP contribution in [-0.2, 0) is 11.3 Å². The van der Waals surface area contributed by atoms with E-state index in [1.807, 2.05) is 16.7 Å². The van der Waals surface area contributed by atoms with E-state index >= 15 is 0 Å². The lowest BCUT2D eigenvalue weighted by atomic mass is 10.1. The van der Waals surface area contributed by atoms with Crippen molar-refractivity contribution in [3.05, 3.63) is 24.0 Å². The van der Waals surface area contributed by atoms with Gasteiger partial charge in [0.25, 0.3) is 0 Å². The third-order valence-corrected chi connectivity index (χ3v) is 4.92. The SMILES string of the molecule is CC1(C)CCN(C(=O)Cn2cccc2C(=O)O)CCS1. The topological polar surface area (TPSA) is 62.5 Å². The summed E-state index contributed by atoms with van der Waals surface area (Å²) in [6, 6.07) is 3.16. The van der Waals surface area contributed by atoms with Gasteiger partial charge in [-0.25, -0.2) is 4.79 Å². The van der Waals surface area contributed by atoms with Crippen LogP contribution in [0.5, 0.6) is 0 Å². The lowest BCUT2D eigenvalue weighted by molar-refractivity contribution is -0.131. The quantitative estimate of drug-likeness (QED) is 0.926. The van der Waals surface area contributed by atoms with Crippen molar-refractivity contribution in [3.63, 3.8) is 0 Å². The highest BCUT2D eigenvalue weighted by Gasteiger charge is 2.26. The van der Waals surface area contributed by atoms with Gasteiger partial charge in [-0.2, -0.15) is 11.8 Å². The van der Waals surface area contributed by atoms with Crippen LogP contribution in [0.4, 0.5) is 0 Å². The Morgan fingerprint density at radius 2 is 2.15 bits per heavy atom. The fourth-order valence-electron chi connectivity index (χ4n) is 2.26. The van der Waals surface area contributed by atoms with Gasteiger partial charge in [-0.15, -0.1) is 0 Å². The number of amides is 1. The number of nitrogens with zero attached hydrogens (tertiary/aromatic N) is 2. The highest BCUT2D eigenvalue weighted by molar-refractivity contribution is 8.00. The Balaban J connectivity index is 2.01. The molecule has 0 atom stereocenters. The molecule has 1 aliphatic rings. The lowest BCUT2D eigenvalue weighted by Gasteiger charge is -2.23. The van der Waals surface area contributed by atoms with E-state index in [2.05, 4.69) is 13.8 Å². The van der Waals surface area contributed by atoms with Gasteiger partial charge in [0.1, 0.15) is 12.2 Å². The Hall–Kier alpha value is -1.43. The number of hydrogen-bond donors (Lipinski definition) is 1. The van der Waals surface area contributed by atoms with Crippen molar-refractivity contribution in [2.45, 2.75) is 31.6 Å². The van der Waals surface area contributed by atoms with Crippen LogP contribution in [0.1, 0.15) is 30.8 Å². The van der Waals surface area contributed by atoms with E-state index in [1.54, 1.807) is 12.3 Å². The molecule has 0 spiro atoms. The number of hydrogen-bond acceptors (Lipinski definition) is 3. The molecule has 6 heteroatoms. The first-order valence-corrected chi connectivity index (χ1v) is 7.68. The van der Waals surface area contributed by atoms with Crippen molar-refractivity contribution in [1.29, 1.82) is 0 Å². The van der Waals surface area contributed by atoms with Crippen molar-refractivity contribution in [2.75, 3.05) is 18.8 Å². The predicted molar refractivity (Wildman–Crippen MR) is 79.1 cm³/mol. The van der Waals surface area contributed by atoms with Crippen molar-refractivity contribution in [1.82, 2.24) is 9.47 Å². The Kier molecular flexibility index (Phi) is 4.42. The molecule has 0 aromatic carbocycles. The molecule has 0 bridgehead atoms. The number of thioether (sulfide) groups is 1. The molecule has 0 aliphatic carbocycles. The van der Waals surface area contributed by atoms with Crippen molar-refractivity contribution >= 4 is 23.6 Å². The average molecular weight is 296 g/mol. The molecule has 110 valence electrons. The lowest BCUT2D eigenvalue weighted by Crippen LogP contribution is -2.36. The second-order valence-corrected chi connectivity index (χ2v) is 7.37. The van der Waals surface area contributed by atoms with Gasteiger partial charge in [0.2, 0.25) is 5.91 Å². The van der Waals surface area contributed by atoms with Crippen molar-refractivity contribution in [2.24, 2.45) is 0 Å². The molecule has 5 nitrogen and oxygen atoms in total. The second-order valence-electron chi connectivity index (χ2n) is 5.57. The minimum atomic E-state index is -1.00. The van der Waals surface area contributed by atoms with E-state index in [4.69, 9.17) is 5.11 Å². The summed E-state index contributed by atoms with van der Waals surface area (Å²) in [6.07, 6.45) is 2.60. The van der Waals surface area contributed by atoms with Crippen LogP contribution in [-0.4, -0.2) is 50.0 Å². The largest absolute Gasteiger partial charge is 0.477 e. The zero-order valence-electron chi connectivity index (χ0n) is 11.8. The van der Waals surface area contributed by atoms with Gasteiger partial charge in [-0.3, -0.25) is 4.79 Å². The predicted octanol–water partition coefficient (Wildman–Crippen LogP) is 1.93. The van der Waals surface area contributed by atoms with Gasteiger partial charge >= 0.3 is 5.97 Å². The van der Waals surface area contributed by atoms with Gasteiger partial charge in [-0.05, 0) is 18.6 Å². The molecular formula is C14H20N2O3S. The molecule has 20 heavy (non-hydrogen) atoms. The Labute approximate surface area is 122 Å². The first-order valence-electron chi connectivity index (χ1n) is 6.69. The number of carbonyl (C=O) groups excluding carboxylic acids is 1. The summed E-state index contributed by atoms with van der Waals surface area (Å²) >= 11 is 1.88. The van der Waals surface area contributed by atoms with E-state index in [0.717, 1.165) is 25.3 Å². The summed E-state index contributed by atoms with van der Waals surface area (Å²) < 4.78 is 1.70. The van der Waals surface area contributed by atoms with Gasteiger partial charge in [0.15, 0.2) is 0 Å². The van der Waals surface area contributed by atoms with Crippen molar-refractivity contribution < 1.29 is 14.7 Å². The normalized spacial score (nSPS) is 18.6. The van der Waals surface area contributed by atoms with E-state index in [9.17, 15) is 9.59 Å². The maximum absolute atomic E-state index is 12.3. The molecule has 2 rings (SSSR count).